The van der Waals surface area contributed by atoms with E-state index in [4.69, 9.17) is 4.74 Å². The molecule has 0 fully saturated rings. The van der Waals surface area contributed by atoms with Crippen LogP contribution in [0.4, 0.5) is 4.79 Å². The van der Waals surface area contributed by atoms with Crippen molar-refractivity contribution in [2.24, 2.45) is 0 Å². The third-order valence-electron chi connectivity index (χ3n) is 2.71. The number of esters is 1. The zero-order valence-electron chi connectivity index (χ0n) is 11.2. The molecule has 0 saturated heterocycles. The maximum atomic E-state index is 11.9. The topological polar surface area (TPSA) is 77.4 Å². The van der Waals surface area contributed by atoms with Crippen molar-refractivity contribution in [1.29, 1.82) is 0 Å². The molecule has 1 aromatic carbocycles. The molecule has 0 saturated carbocycles. The summed E-state index contributed by atoms with van der Waals surface area (Å²) in [6.45, 7) is 2.99. The van der Waals surface area contributed by atoms with Crippen LogP contribution >= 0.6 is 0 Å². The molecule has 2 rings (SSSR count). The Balaban J connectivity index is 2.30. The van der Waals surface area contributed by atoms with Gasteiger partial charge in [-0.15, -0.1) is 0 Å². The van der Waals surface area contributed by atoms with Crippen LogP contribution in [0, 0.1) is 0 Å². The average molecular weight is 274 g/mol. The molecule has 1 heterocycles. The van der Waals surface area contributed by atoms with Crippen LogP contribution in [0.1, 0.15) is 20.3 Å². The Morgan fingerprint density at radius 3 is 2.65 bits per heavy atom. The fourth-order valence-electron chi connectivity index (χ4n) is 1.80. The summed E-state index contributed by atoms with van der Waals surface area (Å²) >= 11 is 0. The average Bonchev–Trinajstić information content (AvgIpc) is 2.80. The van der Waals surface area contributed by atoms with Crippen LogP contribution in [-0.4, -0.2) is 22.5 Å². The number of amides is 2. The summed E-state index contributed by atoms with van der Waals surface area (Å²) in [6.07, 6.45) is 1.79. The van der Waals surface area contributed by atoms with E-state index in [1.54, 1.807) is 37.4 Å². The van der Waals surface area contributed by atoms with E-state index in [1.165, 1.54) is 11.5 Å². The highest BCUT2D eigenvalue weighted by atomic mass is 16.5. The van der Waals surface area contributed by atoms with Crippen LogP contribution in [0.2, 0.25) is 0 Å². The first kappa shape index (κ1) is 13.8. The van der Waals surface area contributed by atoms with Gasteiger partial charge in [-0.05, 0) is 24.3 Å². The van der Waals surface area contributed by atoms with Gasteiger partial charge < -0.3 is 4.74 Å². The zero-order valence-corrected chi connectivity index (χ0v) is 11.2. The zero-order chi connectivity index (χ0) is 14.7. The van der Waals surface area contributed by atoms with E-state index in [0.717, 1.165) is 5.39 Å². The number of hydrogen-bond donors (Lipinski definition) is 1. The molecule has 2 aromatic rings. The number of benzene rings is 1. The van der Waals surface area contributed by atoms with E-state index in [9.17, 15) is 14.4 Å². The molecular weight excluding hydrogens is 260 g/mol. The van der Waals surface area contributed by atoms with Gasteiger partial charge in [0.25, 0.3) is 0 Å². The van der Waals surface area contributed by atoms with Gasteiger partial charge in [0, 0.05) is 24.9 Å². The predicted octanol–water partition coefficient (Wildman–Crippen LogP) is 2.06. The molecule has 104 valence electrons. The molecule has 0 bridgehead atoms. The summed E-state index contributed by atoms with van der Waals surface area (Å²) in [7, 11) is 0. The van der Waals surface area contributed by atoms with Crippen molar-refractivity contribution in [2.45, 2.75) is 20.3 Å². The minimum atomic E-state index is -0.507. The van der Waals surface area contributed by atoms with Gasteiger partial charge in [-0.2, -0.15) is 0 Å². The first-order chi connectivity index (χ1) is 9.51. The molecule has 1 N–H and O–H groups in total. The lowest BCUT2D eigenvalue weighted by Crippen LogP contribution is -2.33. The van der Waals surface area contributed by atoms with Crippen molar-refractivity contribution in [3.05, 3.63) is 30.5 Å². The van der Waals surface area contributed by atoms with Crippen molar-refractivity contribution in [2.75, 3.05) is 0 Å². The van der Waals surface area contributed by atoms with Gasteiger partial charge in [-0.1, -0.05) is 6.92 Å². The molecule has 0 aliphatic heterocycles. The second-order valence-corrected chi connectivity index (χ2v) is 4.21. The lowest BCUT2D eigenvalue weighted by Gasteiger charge is -2.06. The predicted molar refractivity (Wildman–Crippen MR) is 72.5 cm³/mol. The van der Waals surface area contributed by atoms with E-state index in [2.05, 4.69) is 5.32 Å². The van der Waals surface area contributed by atoms with Crippen molar-refractivity contribution >= 4 is 28.8 Å². The summed E-state index contributed by atoms with van der Waals surface area (Å²) in [5.41, 5.74) is 0.627. The Bertz CT molecular complexity index is 688. The van der Waals surface area contributed by atoms with Gasteiger partial charge >= 0.3 is 12.0 Å². The SMILES string of the molecule is CCC(=O)NC(=O)n1ccc2cc(OC(C)=O)ccc21. The Morgan fingerprint density at radius 2 is 2.00 bits per heavy atom. The minimum Gasteiger partial charge on any atom is -0.427 e. The van der Waals surface area contributed by atoms with Crippen molar-refractivity contribution in [3.63, 3.8) is 0 Å². The largest absolute Gasteiger partial charge is 0.427 e. The van der Waals surface area contributed by atoms with Crippen LogP contribution in [0.3, 0.4) is 0 Å². The van der Waals surface area contributed by atoms with Crippen molar-refractivity contribution in [3.8, 4) is 5.75 Å². The molecule has 20 heavy (non-hydrogen) atoms. The molecule has 6 heteroatoms. The van der Waals surface area contributed by atoms with Crippen LogP contribution in [0.15, 0.2) is 30.5 Å². The van der Waals surface area contributed by atoms with Gasteiger partial charge in [-0.3, -0.25) is 19.5 Å². The van der Waals surface area contributed by atoms with Crippen molar-refractivity contribution < 1.29 is 19.1 Å². The Morgan fingerprint density at radius 1 is 1.25 bits per heavy atom. The molecule has 1 aromatic heterocycles. The molecule has 0 aliphatic carbocycles. The maximum Gasteiger partial charge on any atom is 0.332 e. The van der Waals surface area contributed by atoms with E-state index in [1.807, 2.05) is 0 Å². The Kier molecular flexibility index (Phi) is 3.84. The second-order valence-electron chi connectivity index (χ2n) is 4.21. The van der Waals surface area contributed by atoms with Crippen molar-refractivity contribution in [1.82, 2.24) is 9.88 Å². The fraction of sp³-hybridized carbons (Fsp3) is 0.214. The third kappa shape index (κ3) is 2.85. The lowest BCUT2D eigenvalue weighted by molar-refractivity contribution is -0.131. The fourth-order valence-corrected chi connectivity index (χ4v) is 1.80. The van der Waals surface area contributed by atoms with Crippen LogP contribution in [-0.2, 0) is 9.59 Å². The molecule has 6 nitrogen and oxygen atoms in total. The molecule has 0 spiro atoms. The van der Waals surface area contributed by atoms with Gasteiger partial charge in [-0.25, -0.2) is 4.79 Å². The molecule has 0 unspecified atom stereocenters. The highest BCUT2D eigenvalue weighted by Gasteiger charge is 2.11. The monoisotopic (exact) mass is 274 g/mol. The number of hydrogen-bond acceptors (Lipinski definition) is 4. The summed E-state index contributed by atoms with van der Waals surface area (Å²) in [5, 5.41) is 3.01. The highest BCUT2D eigenvalue weighted by Crippen LogP contribution is 2.22. The summed E-state index contributed by atoms with van der Waals surface area (Å²) in [4.78, 5) is 34.0. The Hall–Kier alpha value is -2.63. The molecule has 2 amide bonds. The van der Waals surface area contributed by atoms with E-state index in [0.29, 0.717) is 11.3 Å². The minimum absolute atomic E-state index is 0.238. The quantitative estimate of drug-likeness (QED) is 0.671. The smallest absolute Gasteiger partial charge is 0.332 e. The normalized spacial score (nSPS) is 10.3. The molecule has 0 atom stereocenters. The number of aromatic nitrogens is 1. The van der Waals surface area contributed by atoms with E-state index < -0.39 is 12.0 Å². The third-order valence-corrected chi connectivity index (χ3v) is 2.71. The number of imide groups is 1. The number of ether oxygens (including phenoxy) is 1. The first-order valence-corrected chi connectivity index (χ1v) is 6.15. The van der Waals surface area contributed by atoms with E-state index >= 15 is 0 Å². The maximum absolute atomic E-state index is 11.9. The first-order valence-electron chi connectivity index (χ1n) is 6.15. The lowest BCUT2D eigenvalue weighted by atomic mass is 10.2. The number of fused-ring (bicyclic) bond motifs is 1. The Labute approximate surface area is 115 Å². The molecular formula is C14H14N2O4. The van der Waals surface area contributed by atoms with Crippen LogP contribution in [0.25, 0.3) is 10.9 Å². The number of nitrogens with one attached hydrogen (secondary N) is 1. The van der Waals surface area contributed by atoms with Crippen LogP contribution in [0.5, 0.6) is 5.75 Å². The summed E-state index contributed by atoms with van der Waals surface area (Å²) in [5.74, 6) is -0.337. The van der Waals surface area contributed by atoms with Crippen LogP contribution < -0.4 is 10.1 Å². The molecule has 0 aliphatic rings. The standard InChI is InChI=1S/C14H14N2O4/c1-3-13(18)15-14(19)16-7-6-10-8-11(20-9(2)17)4-5-12(10)16/h4-8H,3H2,1-2H3,(H,15,18,19). The number of carbonyl (C=O) groups is 3. The van der Waals surface area contributed by atoms with Gasteiger partial charge in [0.1, 0.15) is 5.75 Å². The second kappa shape index (κ2) is 5.56. The summed E-state index contributed by atoms with van der Waals surface area (Å²) < 4.78 is 6.30. The van der Waals surface area contributed by atoms with Gasteiger partial charge in [0.2, 0.25) is 5.91 Å². The van der Waals surface area contributed by atoms with E-state index in [-0.39, 0.29) is 12.3 Å². The summed E-state index contributed by atoms with van der Waals surface area (Å²) in [6, 6.07) is 6.10. The number of carbonyl (C=O) groups excluding carboxylic acids is 3. The number of rotatable bonds is 2. The van der Waals surface area contributed by atoms with Gasteiger partial charge in [0.15, 0.2) is 0 Å². The highest BCUT2D eigenvalue weighted by molar-refractivity contribution is 6.00. The van der Waals surface area contributed by atoms with Gasteiger partial charge in [0.05, 0.1) is 5.52 Å². The number of nitrogens with zero attached hydrogens (tertiary/aromatic N) is 1. The molecule has 0 radical (unpaired) electrons.